The summed E-state index contributed by atoms with van der Waals surface area (Å²) in [7, 11) is 6.53. The zero-order chi connectivity index (χ0) is 27.3. The number of hydrogen-bond acceptors (Lipinski definition) is 6. The van der Waals surface area contributed by atoms with Crippen LogP contribution in [-0.2, 0) is 9.68 Å². The summed E-state index contributed by atoms with van der Waals surface area (Å²) in [6, 6.07) is 15.7. The molecule has 0 saturated carbocycles. The summed E-state index contributed by atoms with van der Waals surface area (Å²) in [4.78, 5) is 19.6. The summed E-state index contributed by atoms with van der Waals surface area (Å²) >= 11 is 0. The normalized spacial score (nSPS) is 11.9. The Morgan fingerprint density at radius 1 is 0.553 bits per heavy atom. The summed E-state index contributed by atoms with van der Waals surface area (Å²) < 4.78 is 10.6. The summed E-state index contributed by atoms with van der Waals surface area (Å²) in [5.41, 5.74) is 7.70. The number of unbranched alkanes of at least 4 members (excludes halogenated alkanes) is 9. The van der Waals surface area contributed by atoms with Crippen LogP contribution in [0.2, 0.25) is 0 Å². The molecule has 2 aromatic carbocycles. The van der Waals surface area contributed by atoms with Crippen LogP contribution in [0, 0.1) is 0 Å². The van der Waals surface area contributed by atoms with Crippen LogP contribution in [0.25, 0.3) is 0 Å². The molecule has 0 aliphatic carbocycles. The smallest absolute Gasteiger partial charge is 0.152 e. The number of rotatable bonds is 19. The highest BCUT2D eigenvalue weighted by Gasteiger charge is 2.05. The van der Waals surface area contributed by atoms with Crippen molar-refractivity contribution in [3.8, 4) is 11.5 Å². The largest absolute Gasteiger partial charge is 0.497 e. The van der Waals surface area contributed by atoms with Gasteiger partial charge in [-0.05, 0) is 37.1 Å². The first kappa shape index (κ1) is 31.1. The average Bonchev–Trinajstić information content (AvgIpc) is 2.96. The minimum absolute atomic E-state index is 0.739. The van der Waals surface area contributed by atoms with Gasteiger partial charge >= 0.3 is 0 Å². The van der Waals surface area contributed by atoms with Gasteiger partial charge in [-0.25, -0.2) is 11.0 Å². The summed E-state index contributed by atoms with van der Waals surface area (Å²) in [5.74, 6) is 3.09. The number of aliphatic imine (C=N–C) groups is 2. The molecule has 8 heteroatoms. The van der Waals surface area contributed by atoms with Crippen LogP contribution < -0.4 is 20.4 Å². The van der Waals surface area contributed by atoms with Crippen LogP contribution in [0.3, 0.4) is 0 Å². The minimum Gasteiger partial charge on any atom is -0.497 e. The Hall–Kier alpha value is -3.10. The van der Waals surface area contributed by atoms with Gasteiger partial charge in [0.05, 0.1) is 28.4 Å². The number of nitrogens with one attached hydrogen (secondary N) is 2. The maximum Gasteiger partial charge on any atom is 0.152 e. The van der Waals surface area contributed by atoms with Crippen molar-refractivity contribution in [1.29, 1.82) is 0 Å². The fraction of sp³-hybridized carbons (Fsp3) is 0.533. The van der Waals surface area contributed by atoms with Gasteiger partial charge in [0.2, 0.25) is 0 Å². The van der Waals surface area contributed by atoms with Crippen LogP contribution >= 0.6 is 0 Å². The molecule has 0 heterocycles. The Bertz CT molecular complexity index is 887. The number of amidine groups is 2. The number of hydroxylamine groups is 2. The van der Waals surface area contributed by atoms with Crippen LogP contribution in [0.4, 0.5) is 0 Å². The van der Waals surface area contributed by atoms with Crippen molar-refractivity contribution >= 4 is 11.7 Å². The van der Waals surface area contributed by atoms with Gasteiger partial charge in [0, 0.05) is 24.2 Å². The van der Waals surface area contributed by atoms with Gasteiger partial charge in [-0.3, -0.25) is 19.7 Å². The topological polar surface area (TPSA) is 85.7 Å². The Balaban J connectivity index is 1.53. The zero-order valence-electron chi connectivity index (χ0n) is 23.6. The minimum atomic E-state index is 0.739. The number of hydrogen-bond donors (Lipinski definition) is 2. The van der Waals surface area contributed by atoms with Crippen molar-refractivity contribution in [3.63, 3.8) is 0 Å². The Labute approximate surface area is 228 Å². The maximum atomic E-state index is 5.31. The van der Waals surface area contributed by atoms with Gasteiger partial charge in [-0.15, -0.1) is 0 Å². The van der Waals surface area contributed by atoms with Crippen molar-refractivity contribution in [2.75, 3.05) is 41.5 Å². The van der Waals surface area contributed by atoms with E-state index >= 15 is 0 Å². The summed E-state index contributed by atoms with van der Waals surface area (Å²) in [6.07, 6.45) is 12.3. The number of nitrogens with zero attached hydrogens (tertiary/aromatic N) is 2. The maximum absolute atomic E-state index is 5.31. The SMILES string of the molecule is CONC(=NCCCCCCCCCCCCN=C(NOC)c1cccc(OC)c1)c1cccc(OC)c1. The molecule has 0 unspecified atom stereocenters. The van der Waals surface area contributed by atoms with E-state index in [2.05, 4.69) is 20.9 Å². The molecule has 0 aliphatic heterocycles. The van der Waals surface area contributed by atoms with Crippen molar-refractivity contribution in [3.05, 3.63) is 59.7 Å². The predicted molar refractivity (Wildman–Crippen MR) is 155 cm³/mol. The van der Waals surface area contributed by atoms with Gasteiger partial charge in [-0.1, -0.05) is 75.6 Å². The molecule has 0 saturated heterocycles. The second-order valence-electron chi connectivity index (χ2n) is 9.07. The van der Waals surface area contributed by atoms with E-state index in [4.69, 9.17) is 19.1 Å². The molecule has 2 aromatic rings. The molecule has 0 bridgehead atoms. The lowest BCUT2D eigenvalue weighted by atomic mass is 10.1. The monoisotopic (exact) mass is 526 g/mol. The van der Waals surface area contributed by atoms with Crippen molar-refractivity contribution < 1.29 is 19.1 Å². The van der Waals surface area contributed by atoms with Gasteiger partial charge in [0.15, 0.2) is 11.7 Å². The predicted octanol–water partition coefficient (Wildman–Crippen LogP) is 6.10. The van der Waals surface area contributed by atoms with E-state index in [1.54, 1.807) is 28.4 Å². The summed E-state index contributed by atoms with van der Waals surface area (Å²) in [6.45, 7) is 1.57. The third kappa shape index (κ3) is 12.4. The van der Waals surface area contributed by atoms with Crippen molar-refractivity contribution in [1.82, 2.24) is 11.0 Å². The lowest BCUT2D eigenvalue weighted by Gasteiger charge is -2.09. The van der Waals surface area contributed by atoms with Crippen LogP contribution in [0.15, 0.2) is 58.5 Å². The van der Waals surface area contributed by atoms with Gasteiger partial charge < -0.3 is 9.47 Å². The molecule has 0 fully saturated rings. The van der Waals surface area contributed by atoms with Crippen LogP contribution in [0.1, 0.15) is 75.3 Å². The summed E-state index contributed by atoms with van der Waals surface area (Å²) in [5, 5.41) is 0. The Morgan fingerprint density at radius 2 is 0.921 bits per heavy atom. The van der Waals surface area contributed by atoms with E-state index in [1.807, 2.05) is 48.5 Å². The van der Waals surface area contributed by atoms with E-state index in [0.29, 0.717) is 0 Å². The first-order chi connectivity index (χ1) is 18.7. The van der Waals surface area contributed by atoms with E-state index < -0.39 is 0 Å². The second-order valence-corrected chi connectivity index (χ2v) is 9.07. The molecule has 0 atom stereocenters. The van der Waals surface area contributed by atoms with Gasteiger partial charge in [0.1, 0.15) is 11.5 Å². The molecular formula is C30H46N4O4. The molecule has 8 nitrogen and oxygen atoms in total. The fourth-order valence-electron chi connectivity index (χ4n) is 4.12. The van der Waals surface area contributed by atoms with Crippen LogP contribution in [-0.4, -0.2) is 53.2 Å². The lowest BCUT2D eigenvalue weighted by Crippen LogP contribution is -2.23. The molecule has 0 spiro atoms. The van der Waals surface area contributed by atoms with E-state index in [-0.39, 0.29) is 0 Å². The quantitative estimate of drug-likeness (QED) is 0.0996. The van der Waals surface area contributed by atoms with Crippen molar-refractivity contribution in [2.45, 2.75) is 64.2 Å². The molecule has 210 valence electrons. The van der Waals surface area contributed by atoms with E-state index in [0.717, 1.165) is 60.2 Å². The van der Waals surface area contributed by atoms with E-state index in [1.165, 1.54) is 51.4 Å². The standard InChI is InChI=1S/C30H46N4O4/c1-35-27-19-15-17-25(23-27)29(33-37-3)31-21-13-11-9-7-5-6-8-10-12-14-22-32-30(34-38-4)26-18-16-20-28(24-26)36-2/h15-20,23-24H,5-14,21-22H2,1-4H3,(H,31,33)(H,32,34). The van der Waals surface area contributed by atoms with Crippen molar-refractivity contribution in [2.24, 2.45) is 9.98 Å². The third-order valence-electron chi connectivity index (χ3n) is 6.19. The first-order valence-electron chi connectivity index (χ1n) is 13.7. The second kappa shape index (κ2) is 19.9. The first-order valence-corrected chi connectivity index (χ1v) is 13.7. The molecule has 0 aromatic heterocycles. The number of methoxy groups -OCH3 is 2. The molecule has 0 radical (unpaired) electrons. The highest BCUT2D eigenvalue weighted by Crippen LogP contribution is 2.15. The molecule has 0 amide bonds. The molecular weight excluding hydrogens is 480 g/mol. The number of benzene rings is 2. The van der Waals surface area contributed by atoms with E-state index in [9.17, 15) is 0 Å². The molecule has 2 N–H and O–H groups in total. The highest BCUT2D eigenvalue weighted by atomic mass is 16.6. The average molecular weight is 527 g/mol. The Kier molecular flexibility index (Phi) is 16.3. The lowest BCUT2D eigenvalue weighted by molar-refractivity contribution is 0.144. The van der Waals surface area contributed by atoms with Gasteiger partial charge in [0.25, 0.3) is 0 Å². The molecule has 0 aliphatic rings. The number of ether oxygens (including phenoxy) is 2. The molecule has 38 heavy (non-hydrogen) atoms. The Morgan fingerprint density at radius 3 is 1.26 bits per heavy atom. The zero-order valence-corrected chi connectivity index (χ0v) is 23.6. The fourth-order valence-corrected chi connectivity index (χ4v) is 4.12. The third-order valence-corrected chi connectivity index (χ3v) is 6.19. The molecule has 2 rings (SSSR count). The van der Waals surface area contributed by atoms with Gasteiger partial charge in [-0.2, -0.15) is 0 Å². The van der Waals surface area contributed by atoms with Crippen LogP contribution in [0.5, 0.6) is 11.5 Å². The highest BCUT2D eigenvalue weighted by molar-refractivity contribution is 5.99.